The topological polar surface area (TPSA) is 186 Å². The standard InChI is InChI=1S/C33H40N4O8/c1-36(2)11-10-35-15-16-6-9-23(45-5)19(12-16)18-7-8-22(38)25-20(18)13-17-14-21-27(37(3)4)29(40)26(32(34)43)31(42)33(21,44)30(41)24(17)28(25)39/h6-9,12,17,21,27,35,38,40-41,44H,10-11,13-15H2,1-5H3,(H2,34,43). The normalized spacial score (nSPS) is 24.6. The van der Waals surface area contributed by atoms with Crippen molar-refractivity contribution >= 4 is 17.5 Å². The van der Waals surface area contributed by atoms with E-state index >= 15 is 0 Å². The zero-order valence-corrected chi connectivity index (χ0v) is 26.0. The molecule has 0 aliphatic heterocycles. The second-order valence-electron chi connectivity index (χ2n) is 12.5. The lowest BCUT2D eigenvalue weighted by Crippen LogP contribution is -2.63. The van der Waals surface area contributed by atoms with Gasteiger partial charge in [-0.1, -0.05) is 12.1 Å². The van der Waals surface area contributed by atoms with Crippen molar-refractivity contribution in [2.24, 2.45) is 17.6 Å². The number of phenolic OH excluding ortho intramolecular Hbond substituents is 1. The van der Waals surface area contributed by atoms with Crippen molar-refractivity contribution in [3.8, 4) is 22.6 Å². The van der Waals surface area contributed by atoms with E-state index in [-0.39, 0.29) is 29.7 Å². The number of phenols is 1. The van der Waals surface area contributed by atoms with E-state index in [1.54, 1.807) is 27.3 Å². The molecule has 240 valence electrons. The molecule has 0 bridgehead atoms. The van der Waals surface area contributed by atoms with Crippen molar-refractivity contribution in [2.45, 2.75) is 31.0 Å². The quantitative estimate of drug-likeness (QED) is 0.176. The highest BCUT2D eigenvalue weighted by atomic mass is 16.5. The minimum atomic E-state index is -2.69. The summed E-state index contributed by atoms with van der Waals surface area (Å²) in [6.45, 7) is 2.25. The Morgan fingerprint density at radius 2 is 1.80 bits per heavy atom. The Hall–Kier alpha value is -4.23. The summed E-state index contributed by atoms with van der Waals surface area (Å²) in [5.41, 5.74) is 4.52. The first kappa shape index (κ1) is 32.2. The molecule has 12 nitrogen and oxygen atoms in total. The molecular weight excluding hydrogens is 580 g/mol. The first-order valence-electron chi connectivity index (χ1n) is 14.8. The van der Waals surface area contributed by atoms with E-state index < -0.39 is 58.0 Å². The Bertz CT molecular complexity index is 1650. The van der Waals surface area contributed by atoms with Crippen LogP contribution in [0.5, 0.6) is 11.5 Å². The molecule has 12 heteroatoms. The number of benzene rings is 2. The molecule has 0 spiro atoms. The number of likely N-dealkylation sites (N-methyl/N-ethyl adjacent to an activating group) is 2. The maximum atomic E-state index is 14.1. The lowest BCUT2D eigenvalue weighted by Gasteiger charge is -2.50. The number of rotatable bonds is 9. The zero-order chi connectivity index (χ0) is 33.0. The summed E-state index contributed by atoms with van der Waals surface area (Å²) in [5, 5.41) is 48.7. The fourth-order valence-corrected chi connectivity index (χ4v) is 7.11. The van der Waals surface area contributed by atoms with E-state index in [1.165, 1.54) is 11.0 Å². The predicted molar refractivity (Wildman–Crippen MR) is 166 cm³/mol. The van der Waals surface area contributed by atoms with Crippen LogP contribution >= 0.6 is 0 Å². The fourth-order valence-electron chi connectivity index (χ4n) is 7.11. The summed E-state index contributed by atoms with van der Waals surface area (Å²) < 4.78 is 5.69. The van der Waals surface area contributed by atoms with Crippen LogP contribution in [0.1, 0.15) is 27.9 Å². The number of nitrogens with zero attached hydrogens (tertiary/aromatic N) is 2. The Labute approximate surface area is 261 Å². The van der Waals surface area contributed by atoms with Crippen molar-refractivity contribution in [1.82, 2.24) is 15.1 Å². The average molecular weight is 621 g/mol. The van der Waals surface area contributed by atoms with Gasteiger partial charge in [0.25, 0.3) is 5.91 Å². The monoisotopic (exact) mass is 620 g/mol. The first-order valence-corrected chi connectivity index (χ1v) is 14.8. The van der Waals surface area contributed by atoms with E-state index in [2.05, 4.69) is 10.2 Å². The fraction of sp³-hybridized carbons (Fsp3) is 0.424. The Morgan fingerprint density at radius 3 is 2.42 bits per heavy atom. The van der Waals surface area contributed by atoms with Gasteiger partial charge in [-0.25, -0.2) is 0 Å². The second-order valence-corrected chi connectivity index (χ2v) is 12.5. The van der Waals surface area contributed by atoms with Crippen LogP contribution in [-0.2, 0) is 22.6 Å². The highest BCUT2D eigenvalue weighted by molar-refractivity contribution is 6.25. The number of allylic oxidation sites excluding steroid dienone is 1. The van der Waals surface area contributed by atoms with Crippen molar-refractivity contribution in [2.75, 3.05) is 48.4 Å². The second kappa shape index (κ2) is 11.9. The smallest absolute Gasteiger partial charge is 0.255 e. The number of carbonyl (C=O) groups is 3. The molecule has 4 atom stereocenters. The molecule has 1 amide bonds. The Morgan fingerprint density at radius 1 is 1.09 bits per heavy atom. The van der Waals surface area contributed by atoms with Gasteiger partial charge in [-0.15, -0.1) is 0 Å². The van der Waals surface area contributed by atoms with E-state index in [1.807, 2.05) is 32.3 Å². The minimum absolute atomic E-state index is 0.00777. The Balaban J connectivity index is 1.63. The molecule has 0 radical (unpaired) electrons. The van der Waals surface area contributed by atoms with Crippen LogP contribution in [0.2, 0.25) is 0 Å². The molecule has 0 aromatic heterocycles. The van der Waals surface area contributed by atoms with Gasteiger partial charge in [-0.3, -0.25) is 19.3 Å². The van der Waals surface area contributed by atoms with Crippen molar-refractivity contribution < 1.29 is 39.5 Å². The molecule has 2 aromatic rings. The molecule has 0 heterocycles. The number of aliphatic hydroxyl groups excluding tert-OH is 2. The van der Waals surface area contributed by atoms with Gasteiger partial charge in [0.05, 0.1) is 18.7 Å². The predicted octanol–water partition coefficient (Wildman–Crippen LogP) is 1.45. The summed E-state index contributed by atoms with van der Waals surface area (Å²) >= 11 is 0. The van der Waals surface area contributed by atoms with Gasteiger partial charge in [0, 0.05) is 36.7 Å². The van der Waals surface area contributed by atoms with Gasteiger partial charge in [-0.05, 0) is 81.8 Å². The maximum absolute atomic E-state index is 14.1. The Kier molecular flexibility index (Phi) is 8.53. The molecule has 45 heavy (non-hydrogen) atoms. The number of ether oxygens (including phenoxy) is 1. The lowest BCUT2D eigenvalue weighted by molar-refractivity contribution is -0.148. The number of Topliss-reactive ketones (excluding diaryl/α,β-unsaturated/α-hetero) is 2. The van der Waals surface area contributed by atoms with E-state index in [4.69, 9.17) is 10.5 Å². The number of carbonyl (C=O) groups excluding carboxylic acids is 3. The van der Waals surface area contributed by atoms with Gasteiger partial charge in [0.1, 0.15) is 28.6 Å². The summed E-state index contributed by atoms with van der Waals surface area (Å²) in [7, 11) is 8.74. The third-order valence-electron chi connectivity index (χ3n) is 9.22. The minimum Gasteiger partial charge on any atom is -0.510 e. The molecule has 3 aliphatic rings. The van der Waals surface area contributed by atoms with Gasteiger partial charge in [-0.2, -0.15) is 0 Å². The summed E-state index contributed by atoms with van der Waals surface area (Å²) in [4.78, 5) is 43.5. The lowest BCUT2D eigenvalue weighted by atomic mass is 9.58. The first-order chi connectivity index (χ1) is 21.2. The van der Waals surface area contributed by atoms with Gasteiger partial charge < -0.3 is 41.1 Å². The number of ketones is 2. The summed E-state index contributed by atoms with van der Waals surface area (Å²) in [5.74, 6) is -6.30. The van der Waals surface area contributed by atoms with E-state index in [0.717, 1.165) is 18.7 Å². The molecule has 3 aliphatic carbocycles. The third-order valence-corrected chi connectivity index (χ3v) is 9.22. The molecule has 0 saturated heterocycles. The molecule has 2 aromatic carbocycles. The van der Waals surface area contributed by atoms with Crippen molar-refractivity contribution in [1.29, 1.82) is 0 Å². The average Bonchev–Trinajstić information content (AvgIpc) is 2.97. The summed E-state index contributed by atoms with van der Waals surface area (Å²) in [6, 6.07) is 7.82. The number of nitrogens with two attached hydrogens (primary N) is 1. The number of amides is 1. The van der Waals surface area contributed by atoms with Gasteiger partial charge in [0.2, 0.25) is 5.78 Å². The largest absolute Gasteiger partial charge is 0.510 e. The van der Waals surface area contributed by atoms with Crippen molar-refractivity contribution in [3.63, 3.8) is 0 Å². The van der Waals surface area contributed by atoms with Crippen LogP contribution in [0, 0.1) is 11.8 Å². The third kappa shape index (κ3) is 5.17. The molecule has 4 unspecified atom stereocenters. The van der Waals surface area contributed by atoms with Crippen LogP contribution in [0.3, 0.4) is 0 Å². The molecular formula is C33H40N4O8. The van der Waals surface area contributed by atoms with Crippen molar-refractivity contribution in [3.05, 3.63) is 69.7 Å². The summed E-state index contributed by atoms with van der Waals surface area (Å²) in [6.07, 6.45) is 0.181. The number of hydrogen-bond donors (Lipinski definition) is 6. The maximum Gasteiger partial charge on any atom is 0.255 e. The van der Waals surface area contributed by atoms with Crippen LogP contribution < -0.4 is 15.8 Å². The van der Waals surface area contributed by atoms with Gasteiger partial charge >= 0.3 is 0 Å². The van der Waals surface area contributed by atoms with Crippen LogP contribution in [0.4, 0.5) is 0 Å². The van der Waals surface area contributed by atoms with E-state index in [0.29, 0.717) is 29.0 Å². The van der Waals surface area contributed by atoms with Crippen LogP contribution in [0.15, 0.2) is 53.0 Å². The SMILES string of the molecule is COc1ccc(CNCCN(C)C)cc1-c1ccc(O)c2c1CC1CC3C(N(C)C)C(O)=C(C(N)=O)C(=O)C3(O)C(O)=C1C2=O. The highest BCUT2D eigenvalue weighted by Crippen LogP contribution is 2.53. The highest BCUT2D eigenvalue weighted by Gasteiger charge is 2.63. The molecule has 0 fully saturated rings. The van der Waals surface area contributed by atoms with E-state index in [9.17, 15) is 34.8 Å². The number of fused-ring (bicyclic) bond motifs is 3. The number of nitrogens with one attached hydrogen (secondary N) is 1. The number of aromatic hydroxyl groups is 1. The zero-order valence-electron chi connectivity index (χ0n) is 26.0. The number of primary amides is 1. The van der Waals surface area contributed by atoms with Crippen LogP contribution in [0.25, 0.3) is 11.1 Å². The number of aliphatic hydroxyl groups is 3. The number of methoxy groups -OCH3 is 1. The molecule has 7 N–H and O–H groups in total. The number of hydrogen-bond acceptors (Lipinski definition) is 11. The van der Waals surface area contributed by atoms with Gasteiger partial charge in [0.15, 0.2) is 11.4 Å². The molecule has 5 rings (SSSR count). The van der Waals surface area contributed by atoms with Crippen LogP contribution in [-0.4, -0.2) is 108 Å². The molecule has 0 saturated carbocycles.